The van der Waals surface area contributed by atoms with Crippen LogP contribution in [0.2, 0.25) is 0 Å². The third-order valence-electron chi connectivity index (χ3n) is 5.79. The van der Waals surface area contributed by atoms with E-state index in [1.165, 1.54) is 7.11 Å². The molecule has 0 bridgehead atoms. The van der Waals surface area contributed by atoms with E-state index in [0.717, 1.165) is 28.2 Å². The van der Waals surface area contributed by atoms with Crippen molar-refractivity contribution in [3.8, 4) is 5.75 Å². The molecule has 0 unspecified atom stereocenters. The van der Waals surface area contributed by atoms with Gasteiger partial charge >= 0.3 is 5.97 Å². The van der Waals surface area contributed by atoms with E-state index in [1.807, 2.05) is 74.3 Å². The van der Waals surface area contributed by atoms with Crippen molar-refractivity contribution in [2.45, 2.75) is 40.7 Å². The van der Waals surface area contributed by atoms with Gasteiger partial charge in [0.25, 0.3) is 0 Å². The molecule has 2 aromatic carbocycles. The Bertz CT molecular complexity index is 1130. The SMILES string of the molecule is COC(=O)C(C)(C)CC(C)(C)COCc1nc(N(C)c2ccc(OC)cc2)c2ccccc2n1. The van der Waals surface area contributed by atoms with Gasteiger partial charge in [0.15, 0.2) is 5.82 Å². The van der Waals surface area contributed by atoms with Crippen LogP contribution in [0.3, 0.4) is 0 Å². The number of carbonyl (C=O) groups excluding carboxylic acids is 1. The maximum absolute atomic E-state index is 12.1. The van der Waals surface area contributed by atoms with Crippen LogP contribution in [0.1, 0.15) is 39.9 Å². The minimum Gasteiger partial charge on any atom is -0.497 e. The van der Waals surface area contributed by atoms with Gasteiger partial charge in [-0.05, 0) is 62.1 Å². The third kappa shape index (κ3) is 6.03. The molecule has 1 heterocycles. The zero-order valence-corrected chi connectivity index (χ0v) is 21.2. The number of fused-ring (bicyclic) bond motifs is 1. The normalized spacial score (nSPS) is 12.0. The third-order valence-corrected chi connectivity index (χ3v) is 5.79. The molecule has 0 radical (unpaired) electrons. The van der Waals surface area contributed by atoms with Crippen LogP contribution in [0.15, 0.2) is 48.5 Å². The molecule has 0 aliphatic rings. The van der Waals surface area contributed by atoms with Crippen LogP contribution >= 0.6 is 0 Å². The van der Waals surface area contributed by atoms with Gasteiger partial charge in [-0.25, -0.2) is 9.97 Å². The van der Waals surface area contributed by atoms with Gasteiger partial charge in [0, 0.05) is 18.1 Å². The minimum absolute atomic E-state index is 0.218. The Hall–Kier alpha value is -3.19. The van der Waals surface area contributed by atoms with Crippen molar-refractivity contribution in [3.63, 3.8) is 0 Å². The molecule has 0 aliphatic heterocycles. The molecule has 0 N–H and O–H groups in total. The largest absolute Gasteiger partial charge is 0.497 e. The summed E-state index contributed by atoms with van der Waals surface area (Å²) in [6.45, 7) is 8.70. The standard InChI is InChI=1S/C27H35N3O4/c1-26(2,17-27(3,4)25(31)33-7)18-34-16-23-28-22-11-9-8-10-21(22)24(29-23)30(5)19-12-14-20(32-6)15-13-19/h8-15H,16-18H2,1-7H3. The van der Waals surface area contributed by atoms with Gasteiger partial charge in [-0.3, -0.25) is 4.79 Å². The molecule has 0 amide bonds. The van der Waals surface area contributed by atoms with Gasteiger partial charge in [0.05, 0.1) is 31.8 Å². The fourth-order valence-corrected chi connectivity index (χ4v) is 4.37. The average molecular weight is 466 g/mol. The predicted octanol–water partition coefficient (Wildman–Crippen LogP) is 5.54. The fourth-order valence-electron chi connectivity index (χ4n) is 4.37. The molecule has 0 atom stereocenters. The van der Waals surface area contributed by atoms with Crippen molar-refractivity contribution >= 4 is 28.4 Å². The number of benzene rings is 2. The van der Waals surface area contributed by atoms with E-state index >= 15 is 0 Å². The Morgan fingerprint density at radius 2 is 1.65 bits per heavy atom. The molecule has 7 nitrogen and oxygen atoms in total. The van der Waals surface area contributed by atoms with Gasteiger partial charge in [-0.15, -0.1) is 0 Å². The van der Waals surface area contributed by atoms with E-state index < -0.39 is 5.41 Å². The van der Waals surface area contributed by atoms with Gasteiger partial charge in [0.1, 0.15) is 18.2 Å². The Labute approximate surface area is 202 Å². The zero-order chi connectivity index (χ0) is 24.9. The molecule has 3 aromatic rings. The van der Waals surface area contributed by atoms with E-state index in [1.54, 1.807) is 7.11 Å². The van der Waals surface area contributed by atoms with E-state index in [0.29, 0.717) is 18.9 Å². The lowest BCUT2D eigenvalue weighted by Crippen LogP contribution is -2.33. The molecule has 0 fully saturated rings. The summed E-state index contributed by atoms with van der Waals surface area (Å²) >= 11 is 0. The molecule has 3 rings (SSSR count). The van der Waals surface area contributed by atoms with E-state index in [-0.39, 0.29) is 18.0 Å². The Morgan fingerprint density at radius 3 is 2.29 bits per heavy atom. The van der Waals surface area contributed by atoms with Gasteiger partial charge < -0.3 is 19.1 Å². The lowest BCUT2D eigenvalue weighted by Gasteiger charge is -2.32. The number of hydrogen-bond acceptors (Lipinski definition) is 7. The number of hydrogen-bond donors (Lipinski definition) is 0. The van der Waals surface area contributed by atoms with Crippen LogP contribution in [-0.2, 0) is 20.9 Å². The minimum atomic E-state index is -0.588. The second-order valence-electron chi connectivity index (χ2n) is 9.95. The van der Waals surface area contributed by atoms with Crippen LogP contribution in [0.25, 0.3) is 10.9 Å². The second-order valence-corrected chi connectivity index (χ2v) is 9.95. The smallest absolute Gasteiger partial charge is 0.311 e. The second kappa shape index (κ2) is 10.4. The lowest BCUT2D eigenvalue weighted by atomic mass is 9.75. The zero-order valence-electron chi connectivity index (χ0n) is 21.2. The highest BCUT2D eigenvalue weighted by atomic mass is 16.5. The van der Waals surface area contributed by atoms with Gasteiger partial charge in [0.2, 0.25) is 0 Å². The summed E-state index contributed by atoms with van der Waals surface area (Å²) in [5, 5.41) is 0.963. The molecule has 0 saturated heterocycles. The topological polar surface area (TPSA) is 73.8 Å². The summed E-state index contributed by atoms with van der Waals surface area (Å²) in [4.78, 5) is 23.7. The molecular formula is C27H35N3O4. The summed E-state index contributed by atoms with van der Waals surface area (Å²) in [5.41, 5.74) is 1.03. The number of nitrogens with zero attached hydrogens (tertiary/aromatic N) is 3. The van der Waals surface area contributed by atoms with Crippen LogP contribution < -0.4 is 9.64 Å². The summed E-state index contributed by atoms with van der Waals surface area (Å²) in [5.74, 6) is 2.00. The number of para-hydroxylation sites is 1. The number of ether oxygens (including phenoxy) is 3. The summed E-state index contributed by atoms with van der Waals surface area (Å²) in [6, 6.07) is 15.8. The Balaban J connectivity index is 1.79. The molecule has 7 heteroatoms. The average Bonchev–Trinajstić information content (AvgIpc) is 2.81. The first-order valence-electron chi connectivity index (χ1n) is 11.4. The Kier molecular flexibility index (Phi) is 7.77. The maximum atomic E-state index is 12.1. The highest BCUT2D eigenvalue weighted by Gasteiger charge is 2.35. The van der Waals surface area contributed by atoms with E-state index in [2.05, 4.69) is 13.8 Å². The quantitative estimate of drug-likeness (QED) is 0.364. The van der Waals surface area contributed by atoms with E-state index in [4.69, 9.17) is 24.2 Å². The first kappa shape index (κ1) is 25.4. The molecule has 0 spiro atoms. The Morgan fingerprint density at radius 1 is 0.971 bits per heavy atom. The van der Waals surface area contributed by atoms with Crippen LogP contribution in [0, 0.1) is 10.8 Å². The monoisotopic (exact) mass is 465 g/mol. The summed E-state index contributed by atoms with van der Waals surface area (Å²) in [7, 11) is 5.06. The number of anilines is 2. The molecule has 0 aliphatic carbocycles. The van der Waals surface area contributed by atoms with Crippen molar-refractivity contribution in [2.24, 2.45) is 10.8 Å². The van der Waals surface area contributed by atoms with Crippen molar-refractivity contribution in [3.05, 3.63) is 54.4 Å². The molecule has 1 aromatic heterocycles. The summed E-state index contributed by atoms with van der Waals surface area (Å²) < 4.78 is 16.3. The highest BCUT2D eigenvalue weighted by molar-refractivity contribution is 5.91. The van der Waals surface area contributed by atoms with Crippen molar-refractivity contribution in [1.29, 1.82) is 0 Å². The van der Waals surface area contributed by atoms with Crippen molar-refractivity contribution in [2.75, 3.05) is 32.8 Å². The number of methoxy groups -OCH3 is 2. The molecule has 0 saturated carbocycles. The maximum Gasteiger partial charge on any atom is 0.311 e. The van der Waals surface area contributed by atoms with E-state index in [9.17, 15) is 4.79 Å². The van der Waals surface area contributed by atoms with Crippen LogP contribution in [-0.4, -0.2) is 43.8 Å². The number of esters is 1. The number of carbonyl (C=O) groups is 1. The van der Waals surface area contributed by atoms with Crippen molar-refractivity contribution in [1.82, 2.24) is 9.97 Å². The predicted molar refractivity (Wildman–Crippen MR) is 134 cm³/mol. The van der Waals surface area contributed by atoms with Crippen LogP contribution in [0.5, 0.6) is 5.75 Å². The summed E-state index contributed by atoms with van der Waals surface area (Å²) in [6.07, 6.45) is 0.636. The molecule has 34 heavy (non-hydrogen) atoms. The highest BCUT2D eigenvalue weighted by Crippen LogP contribution is 2.35. The van der Waals surface area contributed by atoms with Crippen LogP contribution in [0.4, 0.5) is 11.5 Å². The molecular weight excluding hydrogens is 430 g/mol. The fraction of sp³-hybridized carbons (Fsp3) is 0.444. The molecule has 182 valence electrons. The first-order valence-corrected chi connectivity index (χ1v) is 11.4. The first-order chi connectivity index (χ1) is 16.1. The lowest BCUT2D eigenvalue weighted by molar-refractivity contribution is -0.153. The van der Waals surface area contributed by atoms with Gasteiger partial charge in [-0.2, -0.15) is 0 Å². The van der Waals surface area contributed by atoms with Crippen molar-refractivity contribution < 1.29 is 19.0 Å². The number of rotatable bonds is 10. The van der Waals surface area contributed by atoms with Gasteiger partial charge in [-0.1, -0.05) is 26.0 Å². The number of aromatic nitrogens is 2.